The van der Waals surface area contributed by atoms with E-state index in [2.05, 4.69) is 10.4 Å². The van der Waals surface area contributed by atoms with E-state index in [0.717, 1.165) is 47.2 Å². The molecule has 2 aromatic rings. The third-order valence-electron chi connectivity index (χ3n) is 4.36. The highest BCUT2D eigenvalue weighted by Gasteiger charge is 2.27. The molecule has 0 radical (unpaired) electrons. The van der Waals surface area contributed by atoms with E-state index >= 15 is 0 Å². The predicted octanol–water partition coefficient (Wildman–Crippen LogP) is 2.73. The Kier molecular flexibility index (Phi) is 5.90. The number of carboxylic acid groups (broad SMARTS) is 1. The molecule has 27 heavy (non-hydrogen) atoms. The highest BCUT2D eigenvalue weighted by atomic mass is 32.1. The summed E-state index contributed by atoms with van der Waals surface area (Å²) in [7, 11) is 0. The van der Waals surface area contributed by atoms with Crippen molar-refractivity contribution in [3.05, 3.63) is 34.0 Å². The summed E-state index contributed by atoms with van der Waals surface area (Å²) in [6, 6.07) is 1.45. The normalized spacial score (nSPS) is 13.5. The Bertz CT molecular complexity index is 870. The van der Waals surface area contributed by atoms with E-state index in [0.29, 0.717) is 10.6 Å². The number of aliphatic carboxylic acids is 1. The number of ether oxygens (including phenoxy) is 1. The van der Waals surface area contributed by atoms with Crippen LogP contribution in [0.1, 0.15) is 57.5 Å². The highest BCUT2D eigenvalue weighted by Crippen LogP contribution is 2.38. The average molecular weight is 391 g/mol. The fourth-order valence-corrected chi connectivity index (χ4v) is 4.47. The van der Waals surface area contributed by atoms with E-state index in [4.69, 9.17) is 9.84 Å². The number of carbonyl (C=O) groups excluding carboxylic acids is 2. The van der Waals surface area contributed by atoms with E-state index in [9.17, 15) is 14.4 Å². The third kappa shape index (κ3) is 4.19. The first-order chi connectivity index (χ1) is 13.0. The topological polar surface area (TPSA) is 111 Å². The van der Waals surface area contributed by atoms with Gasteiger partial charge in [0, 0.05) is 11.1 Å². The maximum Gasteiger partial charge on any atom is 0.341 e. The standard InChI is InChI=1S/C18H21N3O5S/c1-2-26-18(25)15-11-6-4-3-5-7-13(11)27-17(15)20-16(24)12-8-9-19-21(12)10-14(22)23/h8-9H,2-7,10H2,1H3,(H,20,24)(H,22,23). The number of hydrogen-bond donors (Lipinski definition) is 2. The van der Waals surface area contributed by atoms with Crippen LogP contribution in [0.3, 0.4) is 0 Å². The number of aryl methyl sites for hydroxylation is 1. The van der Waals surface area contributed by atoms with Crippen LogP contribution in [0.5, 0.6) is 0 Å². The molecule has 8 nitrogen and oxygen atoms in total. The Labute approximate surface area is 160 Å². The van der Waals surface area contributed by atoms with Crippen molar-refractivity contribution in [3.63, 3.8) is 0 Å². The Morgan fingerprint density at radius 3 is 2.81 bits per heavy atom. The first-order valence-electron chi connectivity index (χ1n) is 8.87. The molecule has 144 valence electrons. The maximum absolute atomic E-state index is 12.7. The highest BCUT2D eigenvalue weighted by molar-refractivity contribution is 7.17. The Morgan fingerprint density at radius 2 is 2.07 bits per heavy atom. The molecule has 1 aliphatic carbocycles. The van der Waals surface area contributed by atoms with Crippen molar-refractivity contribution in [1.29, 1.82) is 0 Å². The lowest BCUT2D eigenvalue weighted by molar-refractivity contribution is -0.137. The van der Waals surface area contributed by atoms with Gasteiger partial charge in [-0.3, -0.25) is 9.59 Å². The summed E-state index contributed by atoms with van der Waals surface area (Å²) in [6.07, 6.45) is 6.18. The maximum atomic E-state index is 12.7. The molecular formula is C18H21N3O5S. The van der Waals surface area contributed by atoms with Crippen LogP contribution in [0.25, 0.3) is 0 Å². The van der Waals surface area contributed by atoms with Gasteiger partial charge in [-0.05, 0) is 44.2 Å². The van der Waals surface area contributed by atoms with Gasteiger partial charge in [0.2, 0.25) is 0 Å². The summed E-state index contributed by atoms with van der Waals surface area (Å²) in [5, 5.41) is 16.0. The summed E-state index contributed by atoms with van der Waals surface area (Å²) in [5.41, 5.74) is 1.51. The molecular weight excluding hydrogens is 370 g/mol. The largest absolute Gasteiger partial charge is 0.480 e. The Morgan fingerprint density at radius 1 is 1.30 bits per heavy atom. The number of esters is 1. The van der Waals surface area contributed by atoms with Gasteiger partial charge in [-0.25, -0.2) is 9.48 Å². The van der Waals surface area contributed by atoms with Gasteiger partial charge < -0.3 is 15.2 Å². The molecule has 2 aromatic heterocycles. The molecule has 2 N–H and O–H groups in total. The molecule has 0 bridgehead atoms. The minimum Gasteiger partial charge on any atom is -0.480 e. The van der Waals surface area contributed by atoms with Gasteiger partial charge in [0.25, 0.3) is 5.91 Å². The number of carbonyl (C=O) groups is 3. The van der Waals surface area contributed by atoms with Gasteiger partial charge in [0.05, 0.1) is 12.2 Å². The van der Waals surface area contributed by atoms with E-state index in [1.54, 1.807) is 6.92 Å². The quantitative estimate of drug-likeness (QED) is 0.579. The molecule has 3 rings (SSSR count). The molecule has 0 unspecified atom stereocenters. The molecule has 1 amide bonds. The summed E-state index contributed by atoms with van der Waals surface area (Å²) in [5.74, 6) is -2.04. The number of nitrogens with zero attached hydrogens (tertiary/aromatic N) is 2. The van der Waals surface area contributed by atoms with Gasteiger partial charge in [-0.1, -0.05) is 6.42 Å². The summed E-state index contributed by atoms with van der Waals surface area (Å²) >= 11 is 1.40. The first kappa shape index (κ1) is 19.1. The zero-order chi connectivity index (χ0) is 19.4. The van der Waals surface area contributed by atoms with Crippen molar-refractivity contribution in [2.24, 2.45) is 0 Å². The number of thiophene rings is 1. The van der Waals surface area contributed by atoms with Gasteiger partial charge >= 0.3 is 11.9 Å². The van der Waals surface area contributed by atoms with E-state index in [-0.39, 0.29) is 12.3 Å². The van der Waals surface area contributed by atoms with Crippen LogP contribution in [0, 0.1) is 0 Å². The van der Waals surface area contributed by atoms with Gasteiger partial charge in [0.15, 0.2) is 0 Å². The number of anilines is 1. The van der Waals surface area contributed by atoms with Crippen molar-refractivity contribution < 1.29 is 24.2 Å². The number of rotatable bonds is 6. The lowest BCUT2D eigenvalue weighted by Gasteiger charge is -2.09. The number of fused-ring (bicyclic) bond motifs is 1. The monoisotopic (exact) mass is 391 g/mol. The van der Waals surface area contributed by atoms with Crippen molar-refractivity contribution in [2.45, 2.75) is 45.6 Å². The van der Waals surface area contributed by atoms with Crippen LogP contribution in [-0.4, -0.2) is 39.3 Å². The Balaban J connectivity index is 1.92. The van der Waals surface area contributed by atoms with Crippen LogP contribution in [-0.2, 0) is 28.9 Å². The molecule has 2 heterocycles. The second kappa shape index (κ2) is 8.34. The van der Waals surface area contributed by atoms with Crippen molar-refractivity contribution in [2.75, 3.05) is 11.9 Å². The van der Waals surface area contributed by atoms with E-state index < -0.39 is 24.4 Å². The second-order valence-electron chi connectivity index (χ2n) is 6.21. The van der Waals surface area contributed by atoms with Gasteiger partial charge in [-0.2, -0.15) is 5.10 Å². The molecule has 0 aliphatic heterocycles. The lowest BCUT2D eigenvalue weighted by Crippen LogP contribution is -2.21. The van der Waals surface area contributed by atoms with E-state index in [1.165, 1.54) is 23.6 Å². The molecule has 0 aromatic carbocycles. The minimum atomic E-state index is -1.09. The zero-order valence-corrected chi connectivity index (χ0v) is 15.8. The van der Waals surface area contributed by atoms with Crippen molar-refractivity contribution >= 4 is 34.2 Å². The average Bonchev–Trinajstić information content (AvgIpc) is 3.12. The lowest BCUT2D eigenvalue weighted by atomic mass is 10.1. The number of carboxylic acids is 1. The molecule has 0 saturated heterocycles. The van der Waals surface area contributed by atoms with Gasteiger partial charge in [-0.15, -0.1) is 11.3 Å². The number of amides is 1. The number of aromatic nitrogens is 2. The molecule has 0 fully saturated rings. The summed E-state index contributed by atoms with van der Waals surface area (Å²) in [6.45, 7) is 1.58. The fourth-order valence-electron chi connectivity index (χ4n) is 3.20. The number of nitrogens with one attached hydrogen (secondary N) is 1. The van der Waals surface area contributed by atoms with Crippen molar-refractivity contribution in [3.8, 4) is 0 Å². The summed E-state index contributed by atoms with van der Waals surface area (Å²) < 4.78 is 6.32. The summed E-state index contributed by atoms with van der Waals surface area (Å²) in [4.78, 5) is 37.2. The van der Waals surface area contributed by atoms with Crippen LogP contribution in [0.15, 0.2) is 12.3 Å². The fraction of sp³-hybridized carbons (Fsp3) is 0.444. The molecule has 9 heteroatoms. The predicted molar refractivity (Wildman–Crippen MR) is 99.4 cm³/mol. The number of hydrogen-bond acceptors (Lipinski definition) is 6. The third-order valence-corrected chi connectivity index (χ3v) is 5.57. The van der Waals surface area contributed by atoms with Crippen LogP contribution >= 0.6 is 11.3 Å². The van der Waals surface area contributed by atoms with Crippen LogP contribution in [0.4, 0.5) is 5.00 Å². The first-order valence-corrected chi connectivity index (χ1v) is 9.69. The minimum absolute atomic E-state index is 0.121. The molecule has 0 saturated carbocycles. The zero-order valence-electron chi connectivity index (χ0n) is 15.0. The second-order valence-corrected chi connectivity index (χ2v) is 7.32. The molecule has 0 spiro atoms. The molecule has 0 atom stereocenters. The van der Waals surface area contributed by atoms with Crippen molar-refractivity contribution in [1.82, 2.24) is 9.78 Å². The SMILES string of the molecule is CCOC(=O)c1c(NC(=O)c2ccnn2CC(=O)O)sc2c1CCCCC2. The smallest absolute Gasteiger partial charge is 0.341 e. The van der Waals surface area contributed by atoms with E-state index in [1.807, 2.05) is 0 Å². The van der Waals surface area contributed by atoms with Crippen LogP contribution in [0.2, 0.25) is 0 Å². The van der Waals surface area contributed by atoms with Gasteiger partial charge in [0.1, 0.15) is 17.2 Å². The Hall–Kier alpha value is -2.68. The van der Waals surface area contributed by atoms with Crippen LogP contribution < -0.4 is 5.32 Å². The molecule has 1 aliphatic rings.